The smallest absolute Gasteiger partial charge is 0.294 e. The number of hydrogen-bond acceptors (Lipinski definition) is 5. The summed E-state index contributed by atoms with van der Waals surface area (Å²) in [5.41, 5.74) is 1.61. The SMILES string of the molecule is Cc1cccc(NC(=O)CN2C(=O)S/C(=C\c3cc(Br)c(Br)o3)C2=O)c1. The highest BCUT2D eigenvalue weighted by Gasteiger charge is 2.36. The highest BCUT2D eigenvalue weighted by Crippen LogP contribution is 2.34. The van der Waals surface area contributed by atoms with E-state index < -0.39 is 17.1 Å². The number of carbonyl (C=O) groups is 3. The molecule has 0 unspecified atom stereocenters. The number of nitrogens with zero attached hydrogens (tertiary/aromatic N) is 1. The Hall–Kier alpha value is -1.84. The van der Waals surface area contributed by atoms with Gasteiger partial charge in [0, 0.05) is 11.8 Å². The number of imide groups is 1. The summed E-state index contributed by atoms with van der Waals surface area (Å²) in [4.78, 5) is 37.8. The molecule has 1 aliphatic heterocycles. The number of nitrogens with one attached hydrogen (secondary N) is 1. The summed E-state index contributed by atoms with van der Waals surface area (Å²) in [5.74, 6) is -0.552. The lowest BCUT2D eigenvalue weighted by atomic mass is 10.2. The second kappa shape index (κ2) is 7.81. The van der Waals surface area contributed by atoms with E-state index in [2.05, 4.69) is 37.2 Å². The molecule has 0 bridgehead atoms. The van der Waals surface area contributed by atoms with Gasteiger partial charge in [0.1, 0.15) is 12.3 Å². The maximum atomic E-state index is 12.4. The molecule has 3 amide bonds. The van der Waals surface area contributed by atoms with Crippen LogP contribution in [0.25, 0.3) is 6.08 Å². The standard InChI is InChI=1S/C17H12Br2N2O4S/c1-9-3-2-4-10(5-9)20-14(22)8-21-16(23)13(26-17(21)24)7-11-6-12(18)15(19)25-11/h2-7H,8H2,1H3,(H,20,22)/b13-7-. The van der Waals surface area contributed by atoms with E-state index in [1.165, 1.54) is 6.08 Å². The van der Waals surface area contributed by atoms with E-state index in [1.807, 2.05) is 19.1 Å². The van der Waals surface area contributed by atoms with E-state index in [0.717, 1.165) is 22.2 Å². The normalized spacial score (nSPS) is 15.8. The van der Waals surface area contributed by atoms with Crippen molar-refractivity contribution in [1.82, 2.24) is 4.90 Å². The molecule has 9 heteroatoms. The number of benzene rings is 1. The Kier molecular flexibility index (Phi) is 5.69. The zero-order valence-corrected chi connectivity index (χ0v) is 17.4. The molecule has 0 spiro atoms. The van der Waals surface area contributed by atoms with Crippen molar-refractivity contribution in [2.24, 2.45) is 0 Å². The summed E-state index contributed by atoms with van der Waals surface area (Å²) in [5, 5.41) is 2.19. The molecule has 1 saturated heterocycles. The topological polar surface area (TPSA) is 79.6 Å². The molecule has 0 radical (unpaired) electrons. The van der Waals surface area contributed by atoms with Gasteiger partial charge in [-0.3, -0.25) is 19.3 Å². The molecule has 134 valence electrons. The first-order valence-electron chi connectivity index (χ1n) is 7.40. The van der Waals surface area contributed by atoms with Crippen molar-refractivity contribution in [3.63, 3.8) is 0 Å². The van der Waals surface area contributed by atoms with E-state index >= 15 is 0 Å². The van der Waals surface area contributed by atoms with Crippen molar-refractivity contribution in [2.75, 3.05) is 11.9 Å². The molecule has 3 rings (SSSR count). The predicted octanol–water partition coefficient (Wildman–Crippen LogP) is 4.79. The van der Waals surface area contributed by atoms with Gasteiger partial charge in [0.25, 0.3) is 11.1 Å². The van der Waals surface area contributed by atoms with Crippen LogP contribution < -0.4 is 5.32 Å². The summed E-state index contributed by atoms with van der Waals surface area (Å²) in [6, 6.07) is 8.93. The lowest BCUT2D eigenvalue weighted by molar-refractivity contribution is -0.127. The van der Waals surface area contributed by atoms with Gasteiger partial charge >= 0.3 is 0 Å². The van der Waals surface area contributed by atoms with E-state index in [0.29, 0.717) is 20.6 Å². The van der Waals surface area contributed by atoms with Gasteiger partial charge in [-0.1, -0.05) is 12.1 Å². The average molecular weight is 500 g/mol. The Balaban J connectivity index is 1.69. The van der Waals surface area contributed by atoms with Gasteiger partial charge in [0.2, 0.25) is 5.91 Å². The van der Waals surface area contributed by atoms with E-state index in [4.69, 9.17) is 4.42 Å². The number of halogens is 2. The van der Waals surface area contributed by atoms with Crippen LogP contribution in [0.3, 0.4) is 0 Å². The van der Waals surface area contributed by atoms with Crippen molar-refractivity contribution >= 4 is 72.4 Å². The van der Waals surface area contributed by atoms with Crippen LogP contribution in [0.2, 0.25) is 0 Å². The molecular formula is C17H12Br2N2O4S. The summed E-state index contributed by atoms with van der Waals surface area (Å²) in [6.45, 7) is 1.56. The number of anilines is 1. The zero-order chi connectivity index (χ0) is 18.8. The molecule has 1 aromatic carbocycles. The molecule has 0 aliphatic carbocycles. The number of carbonyl (C=O) groups excluding carboxylic acids is 3. The largest absolute Gasteiger partial charge is 0.449 e. The van der Waals surface area contributed by atoms with Crippen LogP contribution in [-0.2, 0) is 9.59 Å². The molecule has 1 fully saturated rings. The Labute approximate surface area is 170 Å². The Morgan fingerprint density at radius 3 is 2.73 bits per heavy atom. The quantitative estimate of drug-likeness (QED) is 0.612. The van der Waals surface area contributed by atoms with Crippen LogP contribution in [-0.4, -0.2) is 28.5 Å². The Bertz CT molecular complexity index is 919. The van der Waals surface area contributed by atoms with Crippen molar-refractivity contribution in [3.05, 3.63) is 55.7 Å². The zero-order valence-electron chi connectivity index (χ0n) is 13.4. The van der Waals surface area contributed by atoms with E-state index in [-0.39, 0.29) is 11.4 Å². The van der Waals surface area contributed by atoms with E-state index in [9.17, 15) is 14.4 Å². The summed E-state index contributed by atoms with van der Waals surface area (Å²) < 4.78 is 6.57. The van der Waals surface area contributed by atoms with Gasteiger partial charge in [0.05, 0.1) is 9.38 Å². The van der Waals surface area contributed by atoms with Crippen LogP contribution in [0, 0.1) is 6.92 Å². The predicted molar refractivity (Wildman–Crippen MR) is 107 cm³/mol. The van der Waals surface area contributed by atoms with Crippen LogP contribution in [0.4, 0.5) is 10.5 Å². The second-order valence-corrected chi connectivity index (χ2v) is 8.02. The monoisotopic (exact) mass is 498 g/mol. The molecular weight excluding hydrogens is 488 g/mol. The Morgan fingerprint density at radius 1 is 1.31 bits per heavy atom. The van der Waals surface area contributed by atoms with Crippen LogP contribution in [0.15, 0.2) is 48.8 Å². The minimum atomic E-state index is -0.525. The lowest BCUT2D eigenvalue weighted by Crippen LogP contribution is -2.36. The van der Waals surface area contributed by atoms with Crippen molar-refractivity contribution in [1.29, 1.82) is 0 Å². The van der Waals surface area contributed by atoms with Crippen LogP contribution in [0.1, 0.15) is 11.3 Å². The fraction of sp³-hybridized carbons (Fsp3) is 0.118. The first-order valence-corrected chi connectivity index (χ1v) is 9.80. The van der Waals surface area contributed by atoms with Crippen LogP contribution in [0.5, 0.6) is 0 Å². The lowest BCUT2D eigenvalue weighted by Gasteiger charge is -2.12. The molecule has 2 aromatic rings. The third kappa shape index (κ3) is 4.28. The van der Waals surface area contributed by atoms with Gasteiger partial charge in [-0.05, 0) is 74.3 Å². The highest BCUT2D eigenvalue weighted by molar-refractivity contribution is 9.13. The van der Waals surface area contributed by atoms with Crippen LogP contribution >= 0.6 is 43.6 Å². The number of hydrogen-bond donors (Lipinski definition) is 1. The molecule has 1 N–H and O–H groups in total. The minimum Gasteiger partial charge on any atom is -0.449 e. The third-order valence-corrected chi connectivity index (χ3v) is 6.03. The van der Waals surface area contributed by atoms with Crippen molar-refractivity contribution in [2.45, 2.75) is 6.92 Å². The van der Waals surface area contributed by atoms with Crippen molar-refractivity contribution in [3.8, 4) is 0 Å². The third-order valence-electron chi connectivity index (χ3n) is 3.41. The molecule has 0 saturated carbocycles. The molecule has 1 aliphatic rings. The van der Waals surface area contributed by atoms with Gasteiger partial charge in [-0.25, -0.2) is 0 Å². The summed E-state index contributed by atoms with van der Waals surface area (Å²) in [6.07, 6.45) is 1.47. The highest BCUT2D eigenvalue weighted by atomic mass is 79.9. The second-order valence-electron chi connectivity index (χ2n) is 5.46. The van der Waals surface area contributed by atoms with Gasteiger partial charge in [-0.15, -0.1) is 0 Å². The summed E-state index contributed by atoms with van der Waals surface area (Å²) in [7, 11) is 0. The number of amides is 3. The maximum absolute atomic E-state index is 12.4. The number of rotatable bonds is 4. The molecule has 2 heterocycles. The molecule has 26 heavy (non-hydrogen) atoms. The Morgan fingerprint density at radius 2 is 2.08 bits per heavy atom. The molecule has 0 atom stereocenters. The number of thioether (sulfide) groups is 1. The fourth-order valence-electron chi connectivity index (χ4n) is 2.27. The van der Waals surface area contributed by atoms with E-state index in [1.54, 1.807) is 18.2 Å². The van der Waals surface area contributed by atoms with Gasteiger partial charge in [0.15, 0.2) is 4.67 Å². The first-order chi connectivity index (χ1) is 12.3. The minimum absolute atomic E-state index is 0.201. The number of aryl methyl sites for hydroxylation is 1. The maximum Gasteiger partial charge on any atom is 0.294 e. The average Bonchev–Trinajstić information content (AvgIpc) is 3.01. The van der Waals surface area contributed by atoms with Gasteiger partial charge < -0.3 is 9.73 Å². The first kappa shape index (κ1) is 18.9. The molecule has 6 nitrogen and oxygen atoms in total. The fourth-order valence-corrected chi connectivity index (χ4v) is 3.69. The van der Waals surface area contributed by atoms with Gasteiger partial charge in [-0.2, -0.15) is 0 Å². The molecule has 1 aromatic heterocycles. The summed E-state index contributed by atoms with van der Waals surface area (Å²) >= 11 is 7.26. The number of furan rings is 1. The van der Waals surface area contributed by atoms with Crippen molar-refractivity contribution < 1.29 is 18.8 Å².